The van der Waals surface area contributed by atoms with Gasteiger partial charge in [0.1, 0.15) is 0 Å². The van der Waals surface area contributed by atoms with Crippen LogP contribution in [0.2, 0.25) is 0 Å². The first kappa shape index (κ1) is 23.3. The Morgan fingerprint density at radius 3 is 2.50 bits per heavy atom. The lowest BCUT2D eigenvalue weighted by molar-refractivity contribution is -0.148. The number of carbonyl (C=O) groups excluding carboxylic acids is 2. The summed E-state index contributed by atoms with van der Waals surface area (Å²) in [6, 6.07) is 16.4. The number of nitrogens with zero attached hydrogens (tertiary/aromatic N) is 3. The van der Waals surface area contributed by atoms with Crippen molar-refractivity contribution in [2.75, 3.05) is 37.7 Å². The van der Waals surface area contributed by atoms with Gasteiger partial charge in [-0.05, 0) is 36.4 Å². The molecule has 1 amide bonds. The molecule has 6 nitrogen and oxygen atoms in total. The largest absolute Gasteiger partial charge is 0.452 e. The Morgan fingerprint density at radius 2 is 1.74 bits per heavy atom. The number of anilines is 1. The number of alkyl halides is 3. The van der Waals surface area contributed by atoms with Crippen molar-refractivity contribution in [2.45, 2.75) is 6.18 Å². The van der Waals surface area contributed by atoms with E-state index in [0.717, 1.165) is 23.0 Å². The van der Waals surface area contributed by atoms with Crippen LogP contribution in [-0.2, 0) is 20.5 Å². The van der Waals surface area contributed by atoms with Crippen LogP contribution in [0.5, 0.6) is 0 Å². The number of hydrogen-bond acceptors (Lipinski definition) is 5. The van der Waals surface area contributed by atoms with Crippen molar-refractivity contribution in [3.05, 3.63) is 78.0 Å². The first-order valence-electron chi connectivity index (χ1n) is 10.7. The van der Waals surface area contributed by atoms with Gasteiger partial charge in [-0.1, -0.05) is 30.3 Å². The van der Waals surface area contributed by atoms with Crippen LogP contribution in [0.25, 0.3) is 17.0 Å². The second-order valence-electron chi connectivity index (χ2n) is 7.79. The van der Waals surface area contributed by atoms with Gasteiger partial charge in [-0.3, -0.25) is 4.79 Å². The third-order valence-electron chi connectivity index (χ3n) is 5.52. The maximum atomic E-state index is 12.9. The Kier molecular flexibility index (Phi) is 6.81. The fourth-order valence-electron chi connectivity index (χ4n) is 3.69. The van der Waals surface area contributed by atoms with Gasteiger partial charge in [0.15, 0.2) is 6.61 Å². The molecule has 34 heavy (non-hydrogen) atoms. The fraction of sp³-hybridized carbons (Fsp3) is 0.240. The highest BCUT2D eigenvalue weighted by Crippen LogP contribution is 2.31. The third kappa shape index (κ3) is 5.72. The predicted molar refractivity (Wildman–Crippen MR) is 122 cm³/mol. The lowest BCUT2D eigenvalue weighted by Gasteiger charge is -2.36. The molecule has 176 valence electrons. The highest BCUT2D eigenvalue weighted by molar-refractivity contribution is 5.89. The van der Waals surface area contributed by atoms with Gasteiger partial charge in [0.05, 0.1) is 16.8 Å². The van der Waals surface area contributed by atoms with Gasteiger partial charge in [-0.2, -0.15) is 13.2 Å². The highest BCUT2D eigenvalue weighted by atomic mass is 19.4. The summed E-state index contributed by atoms with van der Waals surface area (Å²) >= 11 is 0. The number of fused-ring (bicyclic) bond motifs is 1. The Labute approximate surface area is 194 Å². The maximum Gasteiger partial charge on any atom is 0.416 e. The fourth-order valence-corrected chi connectivity index (χ4v) is 3.69. The van der Waals surface area contributed by atoms with Crippen LogP contribution in [0, 0.1) is 0 Å². The molecule has 1 aliphatic heterocycles. The molecule has 1 aliphatic rings. The number of aromatic nitrogens is 1. The van der Waals surface area contributed by atoms with Crippen molar-refractivity contribution in [3.8, 4) is 0 Å². The summed E-state index contributed by atoms with van der Waals surface area (Å²) in [5.41, 5.74) is 1.15. The molecule has 4 rings (SSSR count). The first-order valence-corrected chi connectivity index (χ1v) is 10.7. The predicted octanol–water partition coefficient (Wildman–Crippen LogP) is 4.16. The second kappa shape index (κ2) is 9.94. The van der Waals surface area contributed by atoms with Crippen molar-refractivity contribution in [1.82, 2.24) is 9.88 Å². The molecular formula is C25H22F3N3O3. The summed E-state index contributed by atoms with van der Waals surface area (Å²) in [6.07, 6.45) is -1.67. The minimum atomic E-state index is -4.41. The molecule has 0 atom stereocenters. The number of hydrogen-bond donors (Lipinski definition) is 0. The van der Waals surface area contributed by atoms with Gasteiger partial charge in [0.25, 0.3) is 5.91 Å². The zero-order valence-corrected chi connectivity index (χ0v) is 18.2. The maximum absolute atomic E-state index is 12.9. The summed E-state index contributed by atoms with van der Waals surface area (Å²) in [6.45, 7) is 1.01. The van der Waals surface area contributed by atoms with Crippen molar-refractivity contribution in [1.29, 1.82) is 0 Å². The van der Waals surface area contributed by atoms with Gasteiger partial charge >= 0.3 is 12.1 Å². The number of benzene rings is 2. The second-order valence-corrected chi connectivity index (χ2v) is 7.79. The molecule has 9 heteroatoms. The molecule has 0 saturated carbocycles. The molecule has 1 fully saturated rings. The van der Waals surface area contributed by atoms with Gasteiger partial charge in [0, 0.05) is 43.3 Å². The molecule has 1 aromatic heterocycles. The summed E-state index contributed by atoms with van der Waals surface area (Å²) in [7, 11) is 0. The van der Waals surface area contributed by atoms with E-state index in [0.29, 0.717) is 37.6 Å². The Balaban J connectivity index is 1.25. The van der Waals surface area contributed by atoms with E-state index < -0.39 is 24.3 Å². The highest BCUT2D eigenvalue weighted by Gasteiger charge is 2.31. The number of amides is 1. The lowest BCUT2D eigenvalue weighted by Crippen LogP contribution is -2.49. The Bertz CT molecular complexity index is 1220. The Hall–Kier alpha value is -3.88. The van der Waals surface area contributed by atoms with Crippen LogP contribution in [0.15, 0.2) is 66.7 Å². The third-order valence-corrected chi connectivity index (χ3v) is 5.52. The molecular weight excluding hydrogens is 447 g/mol. The number of rotatable bonds is 5. The van der Waals surface area contributed by atoms with E-state index in [1.165, 1.54) is 23.1 Å². The molecule has 2 heterocycles. The number of pyridine rings is 1. The van der Waals surface area contributed by atoms with Crippen LogP contribution in [0.4, 0.5) is 18.9 Å². The van der Waals surface area contributed by atoms with Crippen LogP contribution in [-0.4, -0.2) is 54.5 Å². The average Bonchev–Trinajstić information content (AvgIpc) is 2.85. The number of esters is 1. The first-order chi connectivity index (χ1) is 16.3. The van der Waals surface area contributed by atoms with E-state index in [9.17, 15) is 22.8 Å². The van der Waals surface area contributed by atoms with Crippen molar-refractivity contribution < 1.29 is 27.5 Å². The van der Waals surface area contributed by atoms with Crippen LogP contribution in [0.1, 0.15) is 11.3 Å². The zero-order chi connectivity index (χ0) is 24.1. The van der Waals surface area contributed by atoms with E-state index >= 15 is 0 Å². The van der Waals surface area contributed by atoms with Crippen LogP contribution < -0.4 is 4.90 Å². The summed E-state index contributed by atoms with van der Waals surface area (Å²) in [5.74, 6) is -1.01. The number of para-hydroxylation sites is 1. The zero-order valence-electron chi connectivity index (χ0n) is 18.2. The van der Waals surface area contributed by atoms with Crippen LogP contribution in [0.3, 0.4) is 0 Å². The summed E-state index contributed by atoms with van der Waals surface area (Å²) in [4.78, 5) is 32.2. The summed E-state index contributed by atoms with van der Waals surface area (Å²) in [5, 5.41) is 0.987. The van der Waals surface area contributed by atoms with E-state index in [4.69, 9.17) is 4.74 Å². The molecule has 0 bridgehead atoms. The average molecular weight is 469 g/mol. The molecule has 0 aliphatic carbocycles. The topological polar surface area (TPSA) is 62.7 Å². The van der Waals surface area contributed by atoms with Crippen molar-refractivity contribution >= 4 is 34.5 Å². The van der Waals surface area contributed by atoms with Crippen molar-refractivity contribution in [2.24, 2.45) is 0 Å². The molecule has 2 aromatic carbocycles. The van der Waals surface area contributed by atoms with Crippen molar-refractivity contribution in [3.63, 3.8) is 0 Å². The number of carbonyl (C=O) groups is 2. The standard InChI is InChI=1S/C25H22F3N3O3/c26-25(27,28)19-5-3-6-21(16-19)30-12-14-31(15-13-30)23(32)17-34-24(33)11-10-20-9-8-18-4-1-2-7-22(18)29-20/h1-11,16H,12-15,17H2/b11-10+. The van der Waals surface area contributed by atoms with Gasteiger partial charge in [-0.25, -0.2) is 9.78 Å². The van der Waals surface area contributed by atoms with Crippen LogP contribution >= 0.6 is 0 Å². The minimum absolute atomic E-state index is 0.323. The molecule has 1 saturated heterocycles. The quantitative estimate of drug-likeness (QED) is 0.415. The Morgan fingerprint density at radius 1 is 0.971 bits per heavy atom. The SMILES string of the molecule is O=C(/C=C/c1ccc2ccccc2n1)OCC(=O)N1CCN(c2cccc(C(F)(F)F)c2)CC1. The van der Waals surface area contributed by atoms with E-state index in [1.807, 2.05) is 30.3 Å². The molecule has 0 unspecified atom stereocenters. The molecule has 0 spiro atoms. The smallest absolute Gasteiger partial charge is 0.416 e. The molecule has 0 radical (unpaired) electrons. The minimum Gasteiger partial charge on any atom is -0.452 e. The van der Waals surface area contributed by atoms with Gasteiger partial charge in [0.2, 0.25) is 0 Å². The van der Waals surface area contributed by atoms with Gasteiger partial charge in [-0.15, -0.1) is 0 Å². The monoisotopic (exact) mass is 469 g/mol. The molecule has 0 N–H and O–H groups in total. The number of halogens is 3. The number of ether oxygens (including phenoxy) is 1. The number of piperazine rings is 1. The van der Waals surface area contributed by atoms with E-state index in [-0.39, 0.29) is 5.91 Å². The van der Waals surface area contributed by atoms with E-state index in [2.05, 4.69) is 4.98 Å². The van der Waals surface area contributed by atoms with E-state index in [1.54, 1.807) is 17.0 Å². The lowest BCUT2D eigenvalue weighted by atomic mass is 10.1. The summed E-state index contributed by atoms with van der Waals surface area (Å²) < 4.78 is 43.9. The van der Waals surface area contributed by atoms with Gasteiger partial charge < -0.3 is 14.5 Å². The normalized spacial score (nSPS) is 14.6. The molecule has 3 aromatic rings.